The van der Waals surface area contributed by atoms with Gasteiger partial charge in [-0.3, -0.25) is 14.8 Å². The zero-order valence-electron chi connectivity index (χ0n) is 15.9. The van der Waals surface area contributed by atoms with Crippen molar-refractivity contribution >= 4 is 28.7 Å². The molecule has 1 aliphatic rings. The van der Waals surface area contributed by atoms with E-state index in [0.717, 1.165) is 46.3 Å². The predicted octanol–water partition coefficient (Wildman–Crippen LogP) is 3.71. The Hall–Kier alpha value is -2.87. The highest BCUT2D eigenvalue weighted by Crippen LogP contribution is 2.29. The molecule has 0 bridgehead atoms. The molecule has 3 aromatic rings. The number of anilines is 2. The van der Waals surface area contributed by atoms with Crippen LogP contribution < -0.4 is 5.32 Å². The Morgan fingerprint density at radius 2 is 2.11 bits per heavy atom. The SMILES string of the molecule is Cc1nc(C)c(C(=O)N2CCC[C@@H](c3ccc(Nc4cnccn4)cn3)C2)s1. The highest BCUT2D eigenvalue weighted by atomic mass is 32.1. The van der Waals surface area contributed by atoms with Gasteiger partial charge in [0.15, 0.2) is 0 Å². The Labute approximate surface area is 167 Å². The number of piperidine rings is 1. The zero-order chi connectivity index (χ0) is 19.5. The minimum Gasteiger partial charge on any atom is -0.338 e. The van der Waals surface area contributed by atoms with Crippen molar-refractivity contribution in [2.24, 2.45) is 0 Å². The van der Waals surface area contributed by atoms with Gasteiger partial charge in [-0.25, -0.2) is 9.97 Å². The minimum absolute atomic E-state index is 0.0914. The van der Waals surface area contributed by atoms with E-state index < -0.39 is 0 Å². The van der Waals surface area contributed by atoms with Gasteiger partial charge >= 0.3 is 0 Å². The third-order valence-electron chi connectivity index (χ3n) is 4.85. The van der Waals surface area contributed by atoms with Crippen molar-refractivity contribution < 1.29 is 4.79 Å². The van der Waals surface area contributed by atoms with Crippen LogP contribution in [0.1, 0.15) is 44.8 Å². The van der Waals surface area contributed by atoms with E-state index >= 15 is 0 Å². The van der Waals surface area contributed by atoms with Crippen molar-refractivity contribution in [1.29, 1.82) is 0 Å². The van der Waals surface area contributed by atoms with E-state index in [1.54, 1.807) is 18.6 Å². The number of amides is 1. The predicted molar refractivity (Wildman–Crippen MR) is 109 cm³/mol. The second-order valence-electron chi connectivity index (χ2n) is 6.93. The zero-order valence-corrected chi connectivity index (χ0v) is 16.7. The maximum Gasteiger partial charge on any atom is 0.265 e. The van der Waals surface area contributed by atoms with Crippen LogP contribution in [-0.4, -0.2) is 43.8 Å². The summed E-state index contributed by atoms with van der Waals surface area (Å²) in [5.74, 6) is 1.02. The Bertz CT molecular complexity index is 957. The smallest absolute Gasteiger partial charge is 0.265 e. The third-order valence-corrected chi connectivity index (χ3v) is 5.91. The number of nitrogens with one attached hydrogen (secondary N) is 1. The van der Waals surface area contributed by atoms with Crippen LogP contribution in [0.15, 0.2) is 36.9 Å². The fourth-order valence-electron chi connectivity index (χ4n) is 3.51. The number of carbonyl (C=O) groups is 1. The fourth-order valence-corrected chi connectivity index (χ4v) is 4.40. The molecule has 1 N–H and O–H groups in total. The van der Waals surface area contributed by atoms with Gasteiger partial charge < -0.3 is 10.2 Å². The van der Waals surface area contributed by atoms with E-state index in [2.05, 4.69) is 25.3 Å². The molecule has 1 atom stereocenters. The van der Waals surface area contributed by atoms with Crippen LogP contribution in [-0.2, 0) is 0 Å². The van der Waals surface area contributed by atoms with E-state index in [9.17, 15) is 4.79 Å². The lowest BCUT2D eigenvalue weighted by Gasteiger charge is -2.32. The summed E-state index contributed by atoms with van der Waals surface area (Å²) < 4.78 is 0. The molecule has 0 unspecified atom stereocenters. The Kier molecular flexibility index (Phi) is 5.29. The summed E-state index contributed by atoms with van der Waals surface area (Å²) in [4.78, 5) is 32.9. The quantitative estimate of drug-likeness (QED) is 0.726. The monoisotopic (exact) mass is 394 g/mol. The fraction of sp³-hybridized carbons (Fsp3) is 0.350. The number of hydrogen-bond donors (Lipinski definition) is 1. The Balaban J connectivity index is 1.44. The Morgan fingerprint density at radius 1 is 1.21 bits per heavy atom. The topological polar surface area (TPSA) is 83.9 Å². The first kappa shape index (κ1) is 18.5. The molecule has 0 spiro atoms. The molecular weight excluding hydrogens is 372 g/mol. The lowest BCUT2D eigenvalue weighted by molar-refractivity contribution is 0.0710. The van der Waals surface area contributed by atoms with E-state index in [1.165, 1.54) is 11.3 Å². The van der Waals surface area contributed by atoms with Crippen LogP contribution in [0, 0.1) is 13.8 Å². The lowest BCUT2D eigenvalue weighted by Crippen LogP contribution is -2.39. The average Bonchev–Trinajstić information content (AvgIpc) is 3.07. The average molecular weight is 395 g/mol. The molecule has 4 rings (SSSR count). The summed E-state index contributed by atoms with van der Waals surface area (Å²) in [7, 11) is 0. The summed E-state index contributed by atoms with van der Waals surface area (Å²) >= 11 is 1.48. The summed E-state index contributed by atoms with van der Waals surface area (Å²) in [5.41, 5.74) is 2.70. The lowest BCUT2D eigenvalue weighted by atomic mass is 9.94. The van der Waals surface area contributed by atoms with Gasteiger partial charge in [-0.2, -0.15) is 0 Å². The molecule has 0 saturated carbocycles. The number of thiazole rings is 1. The van der Waals surface area contributed by atoms with Gasteiger partial charge in [0.25, 0.3) is 5.91 Å². The van der Waals surface area contributed by atoms with E-state index in [0.29, 0.717) is 12.4 Å². The molecule has 0 aliphatic carbocycles. The number of aromatic nitrogens is 4. The molecule has 8 heteroatoms. The van der Waals surface area contributed by atoms with Crippen molar-refractivity contribution in [3.05, 3.63) is 58.2 Å². The van der Waals surface area contributed by atoms with Crippen LogP contribution in [0.2, 0.25) is 0 Å². The third kappa shape index (κ3) is 4.01. The van der Waals surface area contributed by atoms with Gasteiger partial charge in [-0.1, -0.05) is 0 Å². The van der Waals surface area contributed by atoms with Crippen LogP contribution in [0.4, 0.5) is 11.5 Å². The normalized spacial score (nSPS) is 16.8. The van der Waals surface area contributed by atoms with Gasteiger partial charge in [-0.05, 0) is 38.8 Å². The molecule has 0 aromatic carbocycles. The van der Waals surface area contributed by atoms with Crippen molar-refractivity contribution in [2.45, 2.75) is 32.6 Å². The number of nitrogens with zero attached hydrogens (tertiary/aromatic N) is 5. The molecule has 1 amide bonds. The van der Waals surface area contributed by atoms with Crippen molar-refractivity contribution in [3.8, 4) is 0 Å². The molecule has 144 valence electrons. The van der Waals surface area contributed by atoms with Crippen LogP contribution in [0.25, 0.3) is 0 Å². The molecule has 1 aliphatic heterocycles. The van der Waals surface area contributed by atoms with Crippen molar-refractivity contribution in [1.82, 2.24) is 24.8 Å². The molecule has 0 radical (unpaired) electrons. The number of aryl methyl sites for hydroxylation is 2. The first-order valence-electron chi connectivity index (χ1n) is 9.32. The van der Waals surface area contributed by atoms with Gasteiger partial charge in [0.05, 0.1) is 28.8 Å². The summed E-state index contributed by atoms with van der Waals surface area (Å²) in [6, 6.07) is 4.02. The second kappa shape index (κ2) is 8.02. The highest BCUT2D eigenvalue weighted by molar-refractivity contribution is 7.13. The first-order chi connectivity index (χ1) is 13.6. The van der Waals surface area contributed by atoms with E-state index in [1.807, 2.05) is 37.1 Å². The number of carbonyl (C=O) groups excluding carboxylic acids is 1. The molecule has 1 fully saturated rings. The Morgan fingerprint density at radius 3 is 2.79 bits per heavy atom. The molecule has 4 heterocycles. The molecule has 7 nitrogen and oxygen atoms in total. The minimum atomic E-state index is 0.0914. The van der Waals surface area contributed by atoms with Gasteiger partial charge in [-0.15, -0.1) is 11.3 Å². The maximum absolute atomic E-state index is 12.9. The van der Waals surface area contributed by atoms with Gasteiger partial charge in [0, 0.05) is 37.1 Å². The standard InChI is InChI=1S/C20H22N6OS/c1-13-19(28-14(2)24-13)20(27)26-9-3-4-15(12-26)17-6-5-16(10-23-17)25-18-11-21-7-8-22-18/h5-8,10-11,15H,3-4,9,12H2,1-2H3,(H,22,25)/t15-/m1/s1. The second-order valence-corrected chi connectivity index (χ2v) is 8.13. The first-order valence-corrected chi connectivity index (χ1v) is 10.1. The van der Waals surface area contributed by atoms with Crippen molar-refractivity contribution in [2.75, 3.05) is 18.4 Å². The van der Waals surface area contributed by atoms with Gasteiger partial charge in [0.2, 0.25) is 0 Å². The van der Waals surface area contributed by atoms with Crippen LogP contribution >= 0.6 is 11.3 Å². The van der Waals surface area contributed by atoms with Crippen molar-refractivity contribution in [3.63, 3.8) is 0 Å². The van der Waals surface area contributed by atoms with Gasteiger partial charge in [0.1, 0.15) is 10.7 Å². The largest absolute Gasteiger partial charge is 0.338 e. The highest BCUT2D eigenvalue weighted by Gasteiger charge is 2.28. The number of rotatable bonds is 4. The number of likely N-dealkylation sites (tertiary alicyclic amines) is 1. The van der Waals surface area contributed by atoms with E-state index in [4.69, 9.17) is 0 Å². The summed E-state index contributed by atoms with van der Waals surface area (Å²) in [6.07, 6.45) is 8.77. The maximum atomic E-state index is 12.9. The summed E-state index contributed by atoms with van der Waals surface area (Å²) in [5, 5.41) is 4.12. The summed E-state index contributed by atoms with van der Waals surface area (Å²) in [6.45, 7) is 5.33. The number of hydrogen-bond acceptors (Lipinski definition) is 7. The molecular formula is C20H22N6OS. The molecule has 28 heavy (non-hydrogen) atoms. The molecule has 3 aromatic heterocycles. The van der Waals surface area contributed by atoms with E-state index in [-0.39, 0.29) is 11.8 Å². The van der Waals surface area contributed by atoms with Crippen LogP contribution in [0.5, 0.6) is 0 Å². The van der Waals surface area contributed by atoms with Crippen LogP contribution in [0.3, 0.4) is 0 Å². The molecule has 1 saturated heterocycles. The number of pyridine rings is 1.